The summed E-state index contributed by atoms with van der Waals surface area (Å²) in [7, 11) is 0. The summed E-state index contributed by atoms with van der Waals surface area (Å²) in [5, 5.41) is 23.9. The molecule has 0 spiro atoms. The topological polar surface area (TPSA) is 91.3 Å². The summed E-state index contributed by atoms with van der Waals surface area (Å²) in [4.78, 5) is 14.0. The zero-order valence-corrected chi connectivity index (χ0v) is 24.3. The number of nitrogens with one attached hydrogen (secondary N) is 1. The van der Waals surface area contributed by atoms with Crippen LogP contribution in [0.5, 0.6) is 0 Å². The van der Waals surface area contributed by atoms with Crippen LogP contribution in [-0.4, -0.2) is 67.3 Å². The van der Waals surface area contributed by atoms with Gasteiger partial charge in [-0.1, -0.05) is 42.5 Å². The van der Waals surface area contributed by atoms with Crippen LogP contribution in [-0.2, 0) is 15.9 Å². The Morgan fingerprint density at radius 1 is 1.12 bits per heavy atom. The molecule has 0 saturated carbocycles. The van der Waals surface area contributed by atoms with Crippen molar-refractivity contribution in [2.24, 2.45) is 0 Å². The van der Waals surface area contributed by atoms with E-state index in [1.54, 1.807) is 25.1 Å². The molecule has 8 heteroatoms. The first-order chi connectivity index (χ1) is 19.5. The fraction of sp³-hybridized carbons (Fsp3) is 0.424. The predicted molar refractivity (Wildman–Crippen MR) is 159 cm³/mol. The number of benzene rings is 3. The Kier molecular flexibility index (Phi) is 10.1. The first-order valence-electron chi connectivity index (χ1n) is 14.1. The average molecular weight is 565 g/mol. The number of aromatic carboxylic acids is 1. The number of carboxylic acid groups (broad SMARTS) is 1. The maximum atomic E-state index is 14.0. The van der Waals surface area contributed by atoms with Crippen molar-refractivity contribution >= 4 is 11.7 Å². The van der Waals surface area contributed by atoms with Crippen molar-refractivity contribution in [1.82, 2.24) is 5.32 Å². The molecule has 1 aliphatic heterocycles. The summed E-state index contributed by atoms with van der Waals surface area (Å²) in [5.74, 6) is -1.17. The van der Waals surface area contributed by atoms with E-state index in [1.165, 1.54) is 0 Å². The van der Waals surface area contributed by atoms with E-state index in [0.717, 1.165) is 22.3 Å². The van der Waals surface area contributed by atoms with E-state index in [0.29, 0.717) is 50.5 Å². The Hall–Kier alpha value is -3.30. The van der Waals surface area contributed by atoms with E-state index in [9.17, 15) is 19.4 Å². The van der Waals surface area contributed by atoms with Crippen LogP contribution >= 0.6 is 0 Å². The predicted octanol–water partition coefficient (Wildman–Crippen LogP) is 5.39. The number of morpholine rings is 1. The van der Waals surface area contributed by atoms with Gasteiger partial charge in [-0.3, -0.25) is 0 Å². The number of aliphatic hydroxyl groups excluding tert-OH is 1. The summed E-state index contributed by atoms with van der Waals surface area (Å²) < 4.78 is 25.5. The summed E-state index contributed by atoms with van der Waals surface area (Å²) >= 11 is 0. The number of rotatable bonds is 12. The Bertz CT molecular complexity index is 1340. The Morgan fingerprint density at radius 3 is 2.56 bits per heavy atom. The summed E-state index contributed by atoms with van der Waals surface area (Å²) in [6.07, 6.45) is -0.425. The number of hydrogen-bond acceptors (Lipinski definition) is 6. The molecular weight excluding hydrogens is 523 g/mol. The van der Waals surface area contributed by atoms with Gasteiger partial charge in [-0.2, -0.15) is 0 Å². The number of carboxylic acids is 1. The molecule has 1 aliphatic rings. The molecule has 0 unspecified atom stereocenters. The van der Waals surface area contributed by atoms with E-state index in [-0.39, 0.29) is 29.6 Å². The quantitative estimate of drug-likeness (QED) is 0.272. The normalized spacial score (nSPS) is 15.5. The number of nitrogens with zero attached hydrogens (tertiary/aromatic N) is 1. The maximum absolute atomic E-state index is 14.0. The van der Waals surface area contributed by atoms with E-state index in [2.05, 4.69) is 10.2 Å². The molecule has 0 aliphatic carbocycles. The highest BCUT2D eigenvalue weighted by atomic mass is 19.1. The first kappa shape index (κ1) is 30.7. The van der Waals surface area contributed by atoms with Crippen LogP contribution in [0.2, 0.25) is 0 Å². The maximum Gasteiger partial charge on any atom is 0.337 e. The monoisotopic (exact) mass is 564 g/mol. The first-order valence-corrected chi connectivity index (χ1v) is 14.1. The number of β-amino-alcohol motifs (C(OH)–C–C–N with tert-alkyl or cyclic N) is 1. The van der Waals surface area contributed by atoms with Crippen molar-refractivity contribution in [2.75, 3.05) is 44.4 Å². The van der Waals surface area contributed by atoms with Crippen LogP contribution < -0.4 is 10.2 Å². The van der Waals surface area contributed by atoms with Gasteiger partial charge < -0.3 is 29.9 Å². The highest BCUT2D eigenvalue weighted by molar-refractivity contribution is 5.96. The number of ether oxygens (including phenoxy) is 2. The van der Waals surface area contributed by atoms with Crippen molar-refractivity contribution in [3.63, 3.8) is 0 Å². The number of carbonyl (C=O) groups is 1. The molecular formula is C33H41FN2O5. The highest BCUT2D eigenvalue weighted by Gasteiger charge is 2.23. The second-order valence-electron chi connectivity index (χ2n) is 11.4. The second kappa shape index (κ2) is 13.6. The lowest BCUT2D eigenvalue weighted by Crippen LogP contribution is -2.46. The minimum Gasteiger partial charge on any atom is -0.478 e. The molecule has 3 N–H and O–H groups in total. The SMILES string of the molecule is Cc1ccc(CC(C)(C)NC[C@@H](O)CO[C@H](C)c2ccccc2-c2ccc(C(=O)O)c(N3CCOCC3)c2)cc1F. The smallest absolute Gasteiger partial charge is 0.337 e. The van der Waals surface area contributed by atoms with E-state index < -0.39 is 12.1 Å². The molecule has 1 saturated heterocycles. The fourth-order valence-electron chi connectivity index (χ4n) is 5.18. The van der Waals surface area contributed by atoms with Crippen molar-refractivity contribution < 1.29 is 28.9 Å². The molecule has 3 aromatic carbocycles. The number of aryl methyl sites for hydroxylation is 1. The van der Waals surface area contributed by atoms with Gasteiger partial charge in [0.2, 0.25) is 0 Å². The lowest BCUT2D eigenvalue weighted by Gasteiger charge is -2.30. The largest absolute Gasteiger partial charge is 0.478 e. The standard InChI is InChI=1S/C33H41FN2O5/c1-22-9-10-24(17-30(22)34)19-33(3,4)35-20-26(37)21-41-23(2)27-7-5-6-8-28(27)25-11-12-29(32(38)39)31(18-25)36-13-15-40-16-14-36/h5-12,17-18,23,26,35,37H,13-16,19-21H2,1-4H3,(H,38,39)/t23-,26-/m1/s1. The van der Waals surface area contributed by atoms with E-state index >= 15 is 0 Å². The van der Waals surface area contributed by atoms with Crippen LogP contribution in [0.3, 0.4) is 0 Å². The molecule has 220 valence electrons. The van der Waals surface area contributed by atoms with Gasteiger partial charge >= 0.3 is 5.97 Å². The van der Waals surface area contributed by atoms with Crippen molar-refractivity contribution in [3.8, 4) is 11.1 Å². The van der Waals surface area contributed by atoms with Crippen molar-refractivity contribution in [1.29, 1.82) is 0 Å². The Labute approximate surface area is 241 Å². The molecule has 2 atom stereocenters. The highest BCUT2D eigenvalue weighted by Crippen LogP contribution is 2.34. The minimum atomic E-state index is -0.958. The number of hydrogen-bond donors (Lipinski definition) is 3. The molecule has 1 heterocycles. The van der Waals surface area contributed by atoms with Gasteiger partial charge in [0.25, 0.3) is 0 Å². The van der Waals surface area contributed by atoms with Crippen LogP contribution in [0.15, 0.2) is 60.7 Å². The van der Waals surface area contributed by atoms with Gasteiger partial charge in [0.1, 0.15) is 5.82 Å². The van der Waals surface area contributed by atoms with Gasteiger partial charge in [0.15, 0.2) is 0 Å². The molecule has 0 aromatic heterocycles. The van der Waals surface area contributed by atoms with Gasteiger partial charge in [-0.05, 0) is 80.1 Å². The molecule has 41 heavy (non-hydrogen) atoms. The lowest BCUT2D eigenvalue weighted by molar-refractivity contribution is -0.00397. The number of anilines is 1. The zero-order chi connectivity index (χ0) is 29.6. The molecule has 7 nitrogen and oxygen atoms in total. The van der Waals surface area contributed by atoms with Gasteiger partial charge in [0.05, 0.1) is 43.3 Å². The summed E-state index contributed by atoms with van der Waals surface area (Å²) in [6, 6.07) is 18.6. The Morgan fingerprint density at radius 2 is 1.85 bits per heavy atom. The van der Waals surface area contributed by atoms with Crippen molar-refractivity contribution in [2.45, 2.75) is 51.9 Å². The fourth-order valence-corrected chi connectivity index (χ4v) is 5.18. The van der Waals surface area contributed by atoms with Crippen LogP contribution in [0.25, 0.3) is 11.1 Å². The summed E-state index contributed by atoms with van der Waals surface area (Å²) in [5.41, 5.74) is 4.92. The molecule has 1 fully saturated rings. The molecule has 4 rings (SSSR count). The number of aliphatic hydroxyl groups is 1. The van der Waals surface area contributed by atoms with Crippen molar-refractivity contribution in [3.05, 3.63) is 88.7 Å². The minimum absolute atomic E-state index is 0.134. The number of halogens is 1. The lowest BCUT2D eigenvalue weighted by atomic mass is 9.94. The second-order valence-corrected chi connectivity index (χ2v) is 11.4. The molecule has 0 radical (unpaired) electrons. The van der Waals surface area contributed by atoms with E-state index in [4.69, 9.17) is 9.47 Å². The Balaban J connectivity index is 1.40. The molecule has 3 aromatic rings. The summed E-state index contributed by atoms with van der Waals surface area (Å²) in [6.45, 7) is 10.6. The van der Waals surface area contributed by atoms with Gasteiger partial charge in [-0.15, -0.1) is 0 Å². The third-order valence-corrected chi connectivity index (χ3v) is 7.53. The van der Waals surface area contributed by atoms with Gasteiger partial charge in [0, 0.05) is 25.2 Å². The van der Waals surface area contributed by atoms with Gasteiger partial charge in [-0.25, -0.2) is 9.18 Å². The third kappa shape index (κ3) is 8.14. The zero-order valence-electron chi connectivity index (χ0n) is 24.3. The molecule has 0 bridgehead atoms. The van der Waals surface area contributed by atoms with Crippen LogP contribution in [0, 0.1) is 12.7 Å². The third-order valence-electron chi connectivity index (χ3n) is 7.53. The van der Waals surface area contributed by atoms with E-state index in [1.807, 2.05) is 63.2 Å². The molecule has 0 amide bonds. The average Bonchev–Trinajstić information content (AvgIpc) is 2.96. The van der Waals surface area contributed by atoms with Crippen LogP contribution in [0.1, 0.15) is 53.9 Å². The van der Waals surface area contributed by atoms with Crippen LogP contribution in [0.4, 0.5) is 10.1 Å².